The first-order valence-electron chi connectivity index (χ1n) is 15.1. The lowest BCUT2D eigenvalue weighted by Crippen LogP contribution is -2.26. The van der Waals surface area contributed by atoms with Gasteiger partial charge in [0.1, 0.15) is 0 Å². The van der Waals surface area contributed by atoms with Gasteiger partial charge in [-0.05, 0) is 105 Å². The number of aliphatic imine (C=N–C) groups is 1. The van der Waals surface area contributed by atoms with Crippen molar-refractivity contribution in [3.05, 3.63) is 108 Å². The highest BCUT2D eigenvalue weighted by atomic mass is 16.5. The molecule has 212 valence electrons. The lowest BCUT2D eigenvalue weighted by Gasteiger charge is -2.33. The first-order valence-corrected chi connectivity index (χ1v) is 15.1. The fraction of sp³-hybridized carbons (Fsp3) is 0.459. The van der Waals surface area contributed by atoms with Crippen molar-refractivity contribution in [3.8, 4) is 0 Å². The minimum Gasteiger partial charge on any atom is -0.374 e. The Morgan fingerprint density at radius 1 is 0.875 bits per heavy atom. The van der Waals surface area contributed by atoms with Gasteiger partial charge in [-0.1, -0.05) is 73.3 Å². The van der Waals surface area contributed by atoms with Crippen LogP contribution in [0.5, 0.6) is 0 Å². The van der Waals surface area contributed by atoms with Crippen LogP contribution in [0.2, 0.25) is 0 Å². The van der Waals surface area contributed by atoms with E-state index in [2.05, 4.69) is 73.8 Å². The zero-order chi connectivity index (χ0) is 28.5. The third-order valence-corrected chi connectivity index (χ3v) is 9.43. The number of nitrogens with zero attached hydrogens (tertiary/aromatic N) is 1. The van der Waals surface area contributed by atoms with Gasteiger partial charge in [-0.3, -0.25) is 9.79 Å². The van der Waals surface area contributed by atoms with Gasteiger partial charge in [0.15, 0.2) is 5.78 Å². The van der Waals surface area contributed by atoms with Crippen LogP contribution in [0, 0.1) is 11.8 Å². The Morgan fingerprint density at radius 2 is 1.35 bits per heavy atom. The van der Waals surface area contributed by atoms with Crippen LogP contribution in [-0.2, 0) is 9.53 Å². The van der Waals surface area contributed by atoms with Crippen molar-refractivity contribution in [1.82, 2.24) is 0 Å². The lowest BCUT2D eigenvalue weighted by molar-refractivity contribution is -0.117. The maximum Gasteiger partial charge on any atom is 0.179 e. The zero-order valence-electron chi connectivity index (χ0n) is 24.8. The maximum atomic E-state index is 13.4. The molecule has 2 aromatic rings. The molecule has 0 N–H and O–H groups in total. The summed E-state index contributed by atoms with van der Waals surface area (Å²) >= 11 is 0. The first kappa shape index (κ1) is 29.9. The summed E-state index contributed by atoms with van der Waals surface area (Å²) in [7, 11) is 1.72. The minimum atomic E-state index is -0.483. The van der Waals surface area contributed by atoms with E-state index in [1.165, 1.54) is 11.1 Å². The van der Waals surface area contributed by atoms with Crippen LogP contribution in [0.3, 0.4) is 0 Å². The molecule has 2 aliphatic carbocycles. The fourth-order valence-electron chi connectivity index (χ4n) is 6.64. The first-order chi connectivity index (χ1) is 19.3. The normalized spacial score (nSPS) is 25.6. The molecule has 0 heterocycles. The number of allylic oxidation sites excluding steroid dienone is 1. The Kier molecular flexibility index (Phi) is 10.5. The molecule has 2 fully saturated rings. The van der Waals surface area contributed by atoms with Gasteiger partial charge in [0.25, 0.3) is 0 Å². The van der Waals surface area contributed by atoms with Gasteiger partial charge in [-0.15, -0.1) is 6.58 Å². The van der Waals surface area contributed by atoms with Crippen molar-refractivity contribution >= 4 is 11.5 Å². The van der Waals surface area contributed by atoms with E-state index in [0.29, 0.717) is 29.9 Å². The second-order valence-corrected chi connectivity index (χ2v) is 12.1. The van der Waals surface area contributed by atoms with E-state index in [1.807, 2.05) is 26.1 Å². The summed E-state index contributed by atoms with van der Waals surface area (Å²) < 4.78 is 5.76. The van der Waals surface area contributed by atoms with Gasteiger partial charge in [0.05, 0.1) is 11.3 Å². The van der Waals surface area contributed by atoms with Gasteiger partial charge in [0.2, 0.25) is 0 Å². The molecule has 0 aromatic heterocycles. The van der Waals surface area contributed by atoms with Crippen molar-refractivity contribution in [2.45, 2.75) is 89.1 Å². The Hall–Kier alpha value is -3.04. The number of rotatable bonds is 11. The third kappa shape index (κ3) is 7.57. The average Bonchev–Trinajstić information content (AvgIpc) is 3.01. The van der Waals surface area contributed by atoms with Crippen molar-refractivity contribution < 1.29 is 9.53 Å². The second kappa shape index (κ2) is 14.0. The van der Waals surface area contributed by atoms with Crippen LogP contribution in [-0.4, -0.2) is 24.2 Å². The van der Waals surface area contributed by atoms with E-state index in [-0.39, 0.29) is 11.7 Å². The Labute approximate surface area is 242 Å². The van der Waals surface area contributed by atoms with Gasteiger partial charge in [0, 0.05) is 25.6 Å². The number of Topliss-reactive ketones (excluding diaryl/α,β-unsaturated/α-hetero) is 1. The molecule has 4 rings (SSSR count). The monoisotopic (exact) mass is 537 g/mol. The highest BCUT2D eigenvalue weighted by molar-refractivity contribution is 6.39. The van der Waals surface area contributed by atoms with Gasteiger partial charge >= 0.3 is 0 Å². The predicted molar refractivity (Wildman–Crippen MR) is 168 cm³/mol. The molecule has 40 heavy (non-hydrogen) atoms. The summed E-state index contributed by atoms with van der Waals surface area (Å²) in [5.41, 5.74) is 5.16. The SMILES string of the molecule is C=CC(C)(CC(=C)/C(=C\N=C(C)C(=O)C1CCC(c2ccccc2)CC1)C1CCC(c2ccccc2)CC1)OC. The number of hydrogen-bond donors (Lipinski definition) is 0. The maximum absolute atomic E-state index is 13.4. The van der Waals surface area contributed by atoms with Crippen molar-refractivity contribution in [1.29, 1.82) is 0 Å². The molecule has 1 unspecified atom stereocenters. The van der Waals surface area contributed by atoms with Gasteiger partial charge < -0.3 is 4.74 Å². The predicted octanol–water partition coefficient (Wildman–Crippen LogP) is 9.39. The highest BCUT2D eigenvalue weighted by Gasteiger charge is 2.30. The molecule has 0 amide bonds. The van der Waals surface area contributed by atoms with Crippen LogP contribution in [0.4, 0.5) is 0 Å². The van der Waals surface area contributed by atoms with E-state index in [4.69, 9.17) is 9.73 Å². The molecule has 3 heteroatoms. The molecule has 0 saturated heterocycles. The summed E-state index contributed by atoms with van der Waals surface area (Å²) in [4.78, 5) is 18.2. The Balaban J connectivity index is 1.46. The molecule has 1 atom stereocenters. The van der Waals surface area contributed by atoms with E-state index < -0.39 is 5.60 Å². The smallest absolute Gasteiger partial charge is 0.179 e. The fourth-order valence-corrected chi connectivity index (χ4v) is 6.64. The molecule has 2 aliphatic rings. The van der Waals surface area contributed by atoms with Crippen molar-refractivity contribution in [2.24, 2.45) is 16.8 Å². The van der Waals surface area contributed by atoms with Gasteiger partial charge in [-0.2, -0.15) is 0 Å². The number of carbonyl (C=O) groups excluding carboxylic acids is 1. The minimum absolute atomic E-state index is 0.0719. The summed E-state index contributed by atoms with van der Waals surface area (Å²) in [6.45, 7) is 12.4. The van der Waals surface area contributed by atoms with Crippen LogP contribution in [0.15, 0.2) is 102 Å². The molecular weight excluding hydrogens is 490 g/mol. The molecule has 0 radical (unpaired) electrons. The third-order valence-electron chi connectivity index (χ3n) is 9.43. The Morgan fingerprint density at radius 3 is 1.80 bits per heavy atom. The number of methoxy groups -OCH3 is 1. The van der Waals surface area contributed by atoms with Crippen LogP contribution < -0.4 is 0 Å². The number of ether oxygens (including phenoxy) is 1. The molecule has 0 spiro atoms. The number of ketones is 1. The Bertz CT molecular complexity index is 1200. The lowest BCUT2D eigenvalue weighted by atomic mass is 9.74. The van der Waals surface area contributed by atoms with Crippen LogP contribution in [0.1, 0.15) is 94.6 Å². The van der Waals surface area contributed by atoms with Crippen molar-refractivity contribution in [2.75, 3.05) is 7.11 Å². The largest absolute Gasteiger partial charge is 0.374 e. The summed E-state index contributed by atoms with van der Waals surface area (Å²) in [5, 5.41) is 0. The second-order valence-electron chi connectivity index (χ2n) is 12.1. The summed E-state index contributed by atoms with van der Waals surface area (Å²) in [5.74, 6) is 1.81. The van der Waals surface area contributed by atoms with Crippen LogP contribution in [0.25, 0.3) is 0 Å². The molecule has 2 aromatic carbocycles. The van der Waals surface area contributed by atoms with Crippen LogP contribution >= 0.6 is 0 Å². The average molecular weight is 538 g/mol. The molecule has 0 aliphatic heterocycles. The number of benzene rings is 2. The quantitative estimate of drug-likeness (QED) is 0.163. The highest BCUT2D eigenvalue weighted by Crippen LogP contribution is 2.42. The summed E-state index contributed by atoms with van der Waals surface area (Å²) in [6.07, 6.45) is 12.9. The van der Waals surface area contributed by atoms with Crippen molar-refractivity contribution in [3.63, 3.8) is 0 Å². The molecule has 2 saturated carbocycles. The molecular formula is C37H47NO2. The standard InChI is InChI=1S/C37H47NO2/c1-6-37(4,40-5)25-27(2)35(33-21-17-31(18-22-33)29-13-9-7-10-14-29)26-38-28(3)36(39)34-23-19-32(20-24-34)30-15-11-8-12-16-30/h6-16,26,31-34H,1-2,17-25H2,3-5H3/b35-26+,38-28?. The van der Waals surface area contributed by atoms with Gasteiger partial charge in [-0.25, -0.2) is 0 Å². The zero-order valence-corrected chi connectivity index (χ0v) is 24.8. The van der Waals surface area contributed by atoms with E-state index in [0.717, 1.165) is 62.5 Å². The van der Waals surface area contributed by atoms with E-state index in [9.17, 15) is 4.79 Å². The van der Waals surface area contributed by atoms with E-state index in [1.54, 1.807) is 7.11 Å². The van der Waals surface area contributed by atoms with E-state index >= 15 is 0 Å². The molecule has 3 nitrogen and oxygen atoms in total. The summed E-state index contributed by atoms with van der Waals surface area (Å²) in [6, 6.07) is 21.6. The topological polar surface area (TPSA) is 38.7 Å². The number of carbonyl (C=O) groups is 1. The molecule has 0 bridgehead atoms. The number of hydrogen-bond acceptors (Lipinski definition) is 3.